The first-order valence-electron chi connectivity index (χ1n) is 6.93. The maximum Gasteiger partial charge on any atom is 0.265 e. The molecule has 1 aliphatic rings. The molecule has 7 heteroatoms. The number of hydrogen-bond donors (Lipinski definition) is 1. The number of fused-ring (bicyclic) bond motifs is 1. The molecular formula is C17H11BrClNO3S. The molecule has 2 heterocycles. The van der Waals surface area contributed by atoms with Crippen molar-refractivity contribution in [1.29, 1.82) is 0 Å². The van der Waals surface area contributed by atoms with E-state index < -0.39 is 11.5 Å². The lowest BCUT2D eigenvalue weighted by Gasteiger charge is -2.21. The second-order valence-electron chi connectivity index (χ2n) is 5.32. The molecule has 0 spiro atoms. The Balaban J connectivity index is 2.02. The molecule has 3 rings (SSSR count). The van der Waals surface area contributed by atoms with Crippen LogP contribution >= 0.6 is 38.9 Å². The number of thiophene rings is 1. The number of halogens is 2. The summed E-state index contributed by atoms with van der Waals surface area (Å²) in [6.45, 7) is 0.0226. The molecule has 0 bridgehead atoms. The van der Waals surface area contributed by atoms with Gasteiger partial charge in [0.2, 0.25) is 0 Å². The molecule has 0 aliphatic carbocycles. The minimum atomic E-state index is -1.94. The molecule has 4 nitrogen and oxygen atoms in total. The summed E-state index contributed by atoms with van der Waals surface area (Å²) in [7, 11) is 0. The van der Waals surface area contributed by atoms with Gasteiger partial charge in [0, 0.05) is 10.0 Å². The molecule has 1 amide bonds. The number of terminal acetylenes is 1. The number of nitrogens with zero attached hydrogens (tertiary/aromatic N) is 1. The maximum absolute atomic E-state index is 12.7. The van der Waals surface area contributed by atoms with Crippen LogP contribution in [0, 0.1) is 12.3 Å². The molecule has 1 atom stereocenters. The number of ketones is 1. The summed E-state index contributed by atoms with van der Waals surface area (Å²) in [6, 6.07) is 8.27. The monoisotopic (exact) mass is 423 g/mol. The van der Waals surface area contributed by atoms with Gasteiger partial charge in [0.15, 0.2) is 11.4 Å². The summed E-state index contributed by atoms with van der Waals surface area (Å²) in [5.74, 6) is 1.46. The Bertz CT molecular complexity index is 888. The highest BCUT2D eigenvalue weighted by Gasteiger charge is 2.51. The predicted molar refractivity (Wildman–Crippen MR) is 97.5 cm³/mol. The Morgan fingerprint density at radius 2 is 2.17 bits per heavy atom. The number of amides is 1. The Morgan fingerprint density at radius 3 is 2.79 bits per heavy atom. The minimum absolute atomic E-state index is 0.0226. The third kappa shape index (κ3) is 2.78. The molecular weight excluding hydrogens is 414 g/mol. The van der Waals surface area contributed by atoms with E-state index in [0.717, 1.165) is 11.3 Å². The van der Waals surface area contributed by atoms with Crippen molar-refractivity contribution in [3.05, 3.63) is 49.6 Å². The van der Waals surface area contributed by atoms with Crippen LogP contribution in [0.2, 0.25) is 4.34 Å². The normalized spacial score (nSPS) is 19.2. The third-order valence-electron chi connectivity index (χ3n) is 3.81. The van der Waals surface area contributed by atoms with Gasteiger partial charge in [-0.15, -0.1) is 17.8 Å². The van der Waals surface area contributed by atoms with Crippen LogP contribution in [-0.2, 0) is 10.4 Å². The molecule has 1 aliphatic heterocycles. The van der Waals surface area contributed by atoms with Gasteiger partial charge < -0.3 is 5.11 Å². The van der Waals surface area contributed by atoms with Crippen molar-refractivity contribution < 1.29 is 14.7 Å². The maximum atomic E-state index is 12.7. The number of anilines is 1. The molecule has 1 aromatic heterocycles. The van der Waals surface area contributed by atoms with Gasteiger partial charge in [0.05, 0.1) is 27.9 Å². The summed E-state index contributed by atoms with van der Waals surface area (Å²) in [6.07, 6.45) is 4.96. The van der Waals surface area contributed by atoms with Crippen molar-refractivity contribution in [3.8, 4) is 12.3 Å². The van der Waals surface area contributed by atoms with Crippen LogP contribution in [0.5, 0.6) is 0 Å². The topological polar surface area (TPSA) is 57.6 Å². The van der Waals surface area contributed by atoms with E-state index in [1.165, 1.54) is 4.90 Å². The van der Waals surface area contributed by atoms with Crippen molar-refractivity contribution in [2.24, 2.45) is 0 Å². The van der Waals surface area contributed by atoms with Gasteiger partial charge in [-0.3, -0.25) is 14.5 Å². The number of hydrogen-bond acceptors (Lipinski definition) is 4. The van der Waals surface area contributed by atoms with E-state index in [1.54, 1.807) is 30.3 Å². The summed E-state index contributed by atoms with van der Waals surface area (Å²) in [5, 5.41) is 11.0. The predicted octanol–water partition coefficient (Wildman–Crippen LogP) is 3.60. The van der Waals surface area contributed by atoms with Crippen LogP contribution in [0.15, 0.2) is 34.8 Å². The highest BCUT2D eigenvalue weighted by atomic mass is 79.9. The van der Waals surface area contributed by atoms with E-state index in [-0.39, 0.29) is 18.7 Å². The second kappa shape index (κ2) is 6.34. The van der Waals surface area contributed by atoms with E-state index in [4.69, 9.17) is 18.0 Å². The van der Waals surface area contributed by atoms with Crippen molar-refractivity contribution in [2.75, 3.05) is 11.4 Å². The van der Waals surface area contributed by atoms with Gasteiger partial charge in [0.25, 0.3) is 5.91 Å². The first-order chi connectivity index (χ1) is 11.4. The molecule has 0 unspecified atom stereocenters. The summed E-state index contributed by atoms with van der Waals surface area (Å²) >= 11 is 10.3. The van der Waals surface area contributed by atoms with Gasteiger partial charge >= 0.3 is 0 Å². The second-order valence-corrected chi connectivity index (χ2v) is 7.95. The van der Waals surface area contributed by atoms with Crippen LogP contribution in [0.1, 0.15) is 21.7 Å². The van der Waals surface area contributed by atoms with Crippen molar-refractivity contribution >= 4 is 56.2 Å². The number of rotatable bonds is 4. The van der Waals surface area contributed by atoms with Crippen LogP contribution in [0.25, 0.3) is 0 Å². The fourth-order valence-corrected chi connectivity index (χ4v) is 4.07. The Morgan fingerprint density at radius 1 is 1.42 bits per heavy atom. The quantitative estimate of drug-likeness (QED) is 0.603. The number of aliphatic hydroxyl groups is 1. The largest absolute Gasteiger partial charge is 0.375 e. The zero-order valence-corrected chi connectivity index (χ0v) is 15.4. The lowest BCUT2D eigenvalue weighted by molar-refractivity contribution is -0.135. The number of carbonyl (C=O) groups is 2. The molecule has 0 radical (unpaired) electrons. The summed E-state index contributed by atoms with van der Waals surface area (Å²) in [4.78, 5) is 27.0. The SMILES string of the molecule is C#CCN1C(=O)[C@@](O)(CC(=O)c2ccc(Cl)s2)c2cc(Br)ccc21. The highest BCUT2D eigenvalue weighted by molar-refractivity contribution is 9.10. The van der Waals surface area contributed by atoms with E-state index >= 15 is 0 Å². The van der Waals surface area contributed by atoms with Gasteiger partial charge in [-0.2, -0.15) is 0 Å². The fraction of sp³-hybridized carbons (Fsp3) is 0.176. The molecule has 0 saturated heterocycles. The van der Waals surface area contributed by atoms with Gasteiger partial charge in [-0.1, -0.05) is 33.5 Å². The smallest absolute Gasteiger partial charge is 0.265 e. The lowest BCUT2D eigenvalue weighted by atomic mass is 9.89. The van der Waals surface area contributed by atoms with Gasteiger partial charge in [-0.25, -0.2) is 0 Å². The highest BCUT2D eigenvalue weighted by Crippen LogP contribution is 2.44. The average molecular weight is 425 g/mol. The number of benzene rings is 1. The Labute approximate surface area is 156 Å². The van der Waals surface area contributed by atoms with Crippen LogP contribution in [0.3, 0.4) is 0 Å². The molecule has 122 valence electrons. The molecule has 0 fully saturated rings. The van der Waals surface area contributed by atoms with E-state index in [1.807, 2.05) is 0 Å². The number of Topliss-reactive ketones (excluding diaryl/α,β-unsaturated/α-hetero) is 1. The van der Waals surface area contributed by atoms with Crippen LogP contribution in [-0.4, -0.2) is 23.3 Å². The molecule has 2 aromatic rings. The first kappa shape index (κ1) is 17.2. The third-order valence-corrected chi connectivity index (χ3v) is 5.57. The van der Waals surface area contributed by atoms with Crippen molar-refractivity contribution in [1.82, 2.24) is 0 Å². The zero-order chi connectivity index (χ0) is 17.5. The Hall–Kier alpha value is -1.65. The fourth-order valence-electron chi connectivity index (χ4n) is 2.73. The lowest BCUT2D eigenvalue weighted by Crippen LogP contribution is -2.42. The molecule has 0 saturated carbocycles. The molecule has 24 heavy (non-hydrogen) atoms. The van der Waals surface area contributed by atoms with E-state index in [9.17, 15) is 14.7 Å². The summed E-state index contributed by atoms with van der Waals surface area (Å²) in [5.41, 5.74) is -1.06. The van der Waals surface area contributed by atoms with Crippen LogP contribution in [0.4, 0.5) is 5.69 Å². The molecule has 1 aromatic carbocycles. The molecule has 1 N–H and O–H groups in total. The standard InChI is InChI=1S/C17H11BrClNO3S/c1-2-7-20-12-4-3-10(18)8-11(12)17(23,16(20)22)9-13(21)14-5-6-15(19)24-14/h1,3-6,8,23H,7,9H2/t17-/m1/s1. The Kier molecular flexibility index (Phi) is 4.54. The van der Waals surface area contributed by atoms with Crippen molar-refractivity contribution in [3.63, 3.8) is 0 Å². The average Bonchev–Trinajstić information content (AvgIpc) is 3.05. The summed E-state index contributed by atoms with van der Waals surface area (Å²) < 4.78 is 1.17. The van der Waals surface area contributed by atoms with E-state index in [0.29, 0.717) is 24.9 Å². The van der Waals surface area contributed by atoms with Crippen molar-refractivity contribution in [2.45, 2.75) is 12.0 Å². The van der Waals surface area contributed by atoms with Gasteiger partial charge in [0.1, 0.15) is 0 Å². The zero-order valence-electron chi connectivity index (χ0n) is 12.3. The van der Waals surface area contributed by atoms with Crippen LogP contribution < -0.4 is 4.90 Å². The minimum Gasteiger partial charge on any atom is -0.375 e. The first-order valence-corrected chi connectivity index (χ1v) is 8.92. The van der Waals surface area contributed by atoms with Gasteiger partial charge in [-0.05, 0) is 30.3 Å². The number of carbonyl (C=O) groups excluding carboxylic acids is 2. The van der Waals surface area contributed by atoms with E-state index in [2.05, 4.69) is 21.9 Å².